The van der Waals surface area contributed by atoms with Crippen LogP contribution in [0.2, 0.25) is 0 Å². The average molecular weight is 474 g/mol. The van der Waals surface area contributed by atoms with Gasteiger partial charge in [-0.05, 0) is 37.6 Å². The van der Waals surface area contributed by atoms with E-state index in [2.05, 4.69) is 15.8 Å². The lowest BCUT2D eigenvalue weighted by molar-refractivity contribution is -0.122. The number of hydrogen-bond donors (Lipinski definition) is 2. The smallest absolute Gasteiger partial charge is 0.281 e. The van der Waals surface area contributed by atoms with Gasteiger partial charge < -0.3 is 4.74 Å². The van der Waals surface area contributed by atoms with E-state index in [1.54, 1.807) is 19.1 Å². The number of sulfone groups is 1. The molecule has 0 bridgehead atoms. The SMILES string of the molecule is Cc1nc(-c2ccccc2)sc1C(=O)NNC(=O)CCCOc1ccc(S(C)(=O)=O)cc1. The van der Waals surface area contributed by atoms with Gasteiger partial charge >= 0.3 is 0 Å². The molecule has 10 heteroatoms. The summed E-state index contributed by atoms with van der Waals surface area (Å²) in [5.74, 6) is -0.251. The van der Waals surface area contributed by atoms with E-state index < -0.39 is 15.7 Å². The Morgan fingerprint density at radius 2 is 1.72 bits per heavy atom. The van der Waals surface area contributed by atoms with Crippen LogP contribution < -0.4 is 15.6 Å². The van der Waals surface area contributed by atoms with Gasteiger partial charge in [0.1, 0.15) is 15.6 Å². The fourth-order valence-electron chi connectivity index (χ4n) is 2.76. The summed E-state index contributed by atoms with van der Waals surface area (Å²) in [4.78, 5) is 29.5. The van der Waals surface area contributed by atoms with E-state index in [0.717, 1.165) is 16.8 Å². The molecule has 0 unspecified atom stereocenters. The second-order valence-corrected chi connectivity index (χ2v) is 10.0. The van der Waals surface area contributed by atoms with E-state index in [1.807, 2.05) is 30.3 Å². The number of nitrogens with zero attached hydrogens (tertiary/aromatic N) is 1. The second kappa shape index (κ2) is 10.4. The monoisotopic (exact) mass is 473 g/mol. The maximum atomic E-state index is 12.4. The van der Waals surface area contributed by atoms with E-state index in [4.69, 9.17) is 4.74 Å². The highest BCUT2D eigenvalue weighted by atomic mass is 32.2. The van der Waals surface area contributed by atoms with Gasteiger partial charge in [0.2, 0.25) is 5.91 Å². The Morgan fingerprint density at radius 3 is 2.38 bits per heavy atom. The molecule has 0 saturated heterocycles. The molecule has 3 aromatic rings. The van der Waals surface area contributed by atoms with Crippen LogP contribution in [0.25, 0.3) is 10.6 Å². The minimum atomic E-state index is -3.25. The lowest BCUT2D eigenvalue weighted by Crippen LogP contribution is -2.41. The van der Waals surface area contributed by atoms with Gasteiger partial charge in [-0.2, -0.15) is 0 Å². The topological polar surface area (TPSA) is 114 Å². The largest absolute Gasteiger partial charge is 0.494 e. The van der Waals surface area contributed by atoms with E-state index in [-0.39, 0.29) is 23.8 Å². The Hall–Kier alpha value is -3.24. The number of carbonyl (C=O) groups is 2. The lowest BCUT2D eigenvalue weighted by atomic mass is 10.2. The van der Waals surface area contributed by atoms with Crippen LogP contribution >= 0.6 is 11.3 Å². The van der Waals surface area contributed by atoms with Gasteiger partial charge in [0.15, 0.2) is 9.84 Å². The standard InChI is InChI=1S/C22H23N3O5S2/c1-15-20(31-22(23-15)16-7-4-3-5-8-16)21(27)25-24-19(26)9-6-14-30-17-10-12-18(13-11-17)32(2,28)29/h3-5,7-8,10-13H,6,9,14H2,1-2H3,(H,24,26)(H,25,27). The zero-order valence-electron chi connectivity index (χ0n) is 17.6. The fourth-order valence-corrected chi connectivity index (χ4v) is 4.36. The molecule has 0 spiro atoms. The van der Waals surface area contributed by atoms with E-state index in [1.165, 1.54) is 23.5 Å². The highest BCUT2D eigenvalue weighted by Crippen LogP contribution is 2.27. The molecular weight excluding hydrogens is 450 g/mol. The van der Waals surface area contributed by atoms with Gasteiger partial charge in [0.05, 0.1) is 17.2 Å². The average Bonchev–Trinajstić information content (AvgIpc) is 3.17. The Bertz CT molecular complexity index is 1190. The minimum absolute atomic E-state index is 0.151. The summed E-state index contributed by atoms with van der Waals surface area (Å²) in [5.41, 5.74) is 6.33. The number of nitrogens with one attached hydrogen (secondary N) is 2. The molecule has 2 N–H and O–H groups in total. The molecule has 3 rings (SSSR count). The van der Waals surface area contributed by atoms with Crippen LogP contribution in [0.4, 0.5) is 0 Å². The number of amides is 2. The molecule has 0 aliphatic rings. The molecule has 0 radical (unpaired) electrons. The Balaban J connectivity index is 1.41. The Labute approximate surface area is 190 Å². The first-order chi connectivity index (χ1) is 15.2. The maximum absolute atomic E-state index is 12.4. The molecule has 32 heavy (non-hydrogen) atoms. The van der Waals surface area contributed by atoms with Gasteiger partial charge in [-0.15, -0.1) is 11.3 Å². The molecule has 0 fully saturated rings. The fraction of sp³-hybridized carbons (Fsp3) is 0.227. The summed E-state index contributed by atoms with van der Waals surface area (Å²) in [6.07, 6.45) is 1.71. The van der Waals surface area contributed by atoms with Crippen LogP contribution in [-0.2, 0) is 14.6 Å². The maximum Gasteiger partial charge on any atom is 0.281 e. The van der Waals surface area contributed by atoms with Gasteiger partial charge in [-0.25, -0.2) is 13.4 Å². The molecule has 0 saturated carbocycles. The molecule has 2 aromatic carbocycles. The van der Waals surface area contributed by atoms with Crippen LogP contribution in [0.1, 0.15) is 28.2 Å². The van der Waals surface area contributed by atoms with Gasteiger partial charge in [0.25, 0.3) is 5.91 Å². The van der Waals surface area contributed by atoms with Crippen molar-refractivity contribution in [3.63, 3.8) is 0 Å². The number of ether oxygens (including phenoxy) is 1. The predicted molar refractivity (Wildman–Crippen MR) is 122 cm³/mol. The molecule has 8 nitrogen and oxygen atoms in total. The number of hydrogen-bond acceptors (Lipinski definition) is 7. The summed E-state index contributed by atoms with van der Waals surface area (Å²) < 4.78 is 28.4. The van der Waals surface area contributed by atoms with E-state index in [0.29, 0.717) is 22.7 Å². The number of benzene rings is 2. The van der Waals surface area contributed by atoms with E-state index >= 15 is 0 Å². The quantitative estimate of drug-likeness (QED) is 0.384. The molecule has 1 heterocycles. The van der Waals surface area contributed by atoms with Crippen molar-refractivity contribution in [2.75, 3.05) is 12.9 Å². The number of aromatic nitrogens is 1. The van der Waals surface area contributed by atoms with Crippen LogP contribution in [-0.4, -0.2) is 38.1 Å². The zero-order chi connectivity index (χ0) is 23.1. The minimum Gasteiger partial charge on any atom is -0.494 e. The van der Waals surface area contributed by atoms with Crippen molar-refractivity contribution < 1.29 is 22.7 Å². The zero-order valence-corrected chi connectivity index (χ0v) is 19.3. The highest BCUT2D eigenvalue weighted by Gasteiger charge is 2.16. The summed E-state index contributed by atoms with van der Waals surface area (Å²) in [6.45, 7) is 2.02. The van der Waals surface area contributed by atoms with Gasteiger partial charge in [-0.3, -0.25) is 20.4 Å². The van der Waals surface area contributed by atoms with Crippen molar-refractivity contribution >= 4 is 33.0 Å². The molecule has 0 aliphatic heterocycles. The normalized spacial score (nSPS) is 11.1. The molecule has 168 valence electrons. The van der Waals surface area contributed by atoms with Crippen molar-refractivity contribution in [1.82, 2.24) is 15.8 Å². The lowest BCUT2D eigenvalue weighted by Gasteiger charge is -2.08. The van der Waals surface area contributed by atoms with Crippen molar-refractivity contribution in [1.29, 1.82) is 0 Å². The predicted octanol–water partition coefficient (Wildman–Crippen LogP) is 3.14. The van der Waals surface area contributed by atoms with Crippen LogP contribution in [0.15, 0.2) is 59.5 Å². The van der Waals surface area contributed by atoms with Crippen molar-refractivity contribution in [2.45, 2.75) is 24.7 Å². The van der Waals surface area contributed by atoms with Crippen molar-refractivity contribution in [2.24, 2.45) is 0 Å². The third kappa shape index (κ3) is 6.38. The highest BCUT2D eigenvalue weighted by molar-refractivity contribution is 7.90. The van der Waals surface area contributed by atoms with Crippen molar-refractivity contribution in [3.8, 4) is 16.3 Å². The number of rotatable bonds is 8. The van der Waals surface area contributed by atoms with Crippen LogP contribution in [0.5, 0.6) is 5.75 Å². The van der Waals surface area contributed by atoms with Gasteiger partial charge in [0, 0.05) is 18.2 Å². The number of carbonyl (C=O) groups excluding carboxylic acids is 2. The number of hydrazine groups is 1. The molecule has 1 aromatic heterocycles. The first-order valence-electron chi connectivity index (χ1n) is 9.79. The summed E-state index contributed by atoms with van der Waals surface area (Å²) in [6, 6.07) is 15.6. The number of aryl methyl sites for hydroxylation is 1. The summed E-state index contributed by atoms with van der Waals surface area (Å²) >= 11 is 1.26. The second-order valence-electron chi connectivity index (χ2n) is 7.00. The first kappa shape index (κ1) is 23.4. The van der Waals surface area contributed by atoms with Crippen molar-refractivity contribution in [3.05, 3.63) is 65.2 Å². The van der Waals surface area contributed by atoms with Crippen LogP contribution in [0.3, 0.4) is 0 Å². The Morgan fingerprint density at radius 1 is 1.03 bits per heavy atom. The van der Waals surface area contributed by atoms with Gasteiger partial charge in [-0.1, -0.05) is 30.3 Å². The third-order valence-electron chi connectivity index (χ3n) is 4.41. The summed E-state index contributed by atoms with van der Waals surface area (Å²) in [5, 5.41) is 0.737. The molecule has 2 amide bonds. The molecular formula is C22H23N3O5S2. The first-order valence-corrected chi connectivity index (χ1v) is 12.5. The van der Waals surface area contributed by atoms with Crippen LogP contribution in [0, 0.1) is 6.92 Å². The Kier molecular flexibility index (Phi) is 7.60. The summed E-state index contributed by atoms with van der Waals surface area (Å²) in [7, 11) is -3.25. The molecule has 0 aliphatic carbocycles. The third-order valence-corrected chi connectivity index (χ3v) is 6.74. The van der Waals surface area contributed by atoms with E-state index in [9.17, 15) is 18.0 Å². The number of thiazole rings is 1. The molecule has 0 atom stereocenters.